The molecule has 1 aromatic carbocycles. The predicted molar refractivity (Wildman–Crippen MR) is 76.3 cm³/mol. The number of pyridine rings is 1. The average Bonchev–Trinajstić information content (AvgIpc) is 2.41. The molecular formula is C12H9ClN2O5S. The zero-order valence-electron chi connectivity index (χ0n) is 10.3. The van der Waals surface area contributed by atoms with Crippen LogP contribution >= 0.6 is 11.6 Å². The molecule has 0 atom stereocenters. The number of benzene rings is 1. The van der Waals surface area contributed by atoms with Gasteiger partial charge in [-0.2, -0.15) is 0 Å². The van der Waals surface area contributed by atoms with Crippen molar-refractivity contribution in [2.45, 2.75) is 4.90 Å². The number of H-pyrrole nitrogens is 1. The summed E-state index contributed by atoms with van der Waals surface area (Å²) in [5.74, 6) is -1.35. The van der Waals surface area contributed by atoms with Gasteiger partial charge in [-0.05, 0) is 30.3 Å². The fourth-order valence-corrected chi connectivity index (χ4v) is 2.83. The molecule has 1 aromatic heterocycles. The Kier molecular flexibility index (Phi) is 4.01. The topological polar surface area (TPSA) is 116 Å². The first kappa shape index (κ1) is 15.1. The van der Waals surface area contributed by atoms with Gasteiger partial charge in [-0.25, -0.2) is 13.2 Å². The second-order valence-corrected chi connectivity index (χ2v) is 6.05. The summed E-state index contributed by atoms with van der Waals surface area (Å²) in [7, 11) is -4.10. The maximum atomic E-state index is 12.1. The van der Waals surface area contributed by atoms with Crippen LogP contribution in [0.25, 0.3) is 0 Å². The molecule has 0 aliphatic heterocycles. The van der Waals surface area contributed by atoms with Crippen LogP contribution < -0.4 is 10.3 Å². The number of nitrogens with one attached hydrogen (secondary N) is 2. The third-order valence-electron chi connectivity index (χ3n) is 2.54. The number of aromatic nitrogens is 1. The summed E-state index contributed by atoms with van der Waals surface area (Å²) < 4.78 is 26.4. The van der Waals surface area contributed by atoms with Crippen molar-refractivity contribution in [1.82, 2.24) is 4.98 Å². The molecule has 0 bridgehead atoms. The number of rotatable bonds is 4. The lowest BCUT2D eigenvalue weighted by atomic mass is 10.2. The van der Waals surface area contributed by atoms with E-state index in [4.69, 9.17) is 16.7 Å². The number of carboxylic acid groups (broad SMARTS) is 1. The summed E-state index contributed by atoms with van der Waals surface area (Å²) in [4.78, 5) is 24.4. The van der Waals surface area contributed by atoms with Crippen molar-refractivity contribution in [1.29, 1.82) is 0 Å². The van der Waals surface area contributed by atoms with Crippen LogP contribution in [0, 0.1) is 0 Å². The first-order valence-corrected chi connectivity index (χ1v) is 7.41. The van der Waals surface area contributed by atoms with Crippen LogP contribution in [0.3, 0.4) is 0 Å². The Labute approximate surface area is 124 Å². The Morgan fingerprint density at radius 1 is 1.29 bits per heavy atom. The summed E-state index contributed by atoms with van der Waals surface area (Å²) in [6.07, 6.45) is 1.35. The van der Waals surface area contributed by atoms with Gasteiger partial charge in [0.15, 0.2) is 0 Å². The number of halogens is 1. The summed E-state index contributed by atoms with van der Waals surface area (Å²) >= 11 is 5.68. The Hall–Kier alpha value is -2.32. The van der Waals surface area contributed by atoms with Gasteiger partial charge in [0, 0.05) is 6.20 Å². The van der Waals surface area contributed by atoms with Gasteiger partial charge in [-0.15, -0.1) is 0 Å². The number of aromatic amines is 1. The molecule has 1 heterocycles. The van der Waals surface area contributed by atoms with Gasteiger partial charge in [0.1, 0.15) is 5.69 Å². The van der Waals surface area contributed by atoms with Gasteiger partial charge in [0.25, 0.3) is 15.6 Å². The lowest BCUT2D eigenvalue weighted by Gasteiger charge is -2.08. The second-order valence-electron chi connectivity index (χ2n) is 3.97. The molecule has 21 heavy (non-hydrogen) atoms. The van der Waals surface area contributed by atoms with E-state index >= 15 is 0 Å². The Bertz CT molecular complexity index is 860. The van der Waals surface area contributed by atoms with Crippen molar-refractivity contribution < 1.29 is 18.3 Å². The molecule has 0 saturated heterocycles. The minimum atomic E-state index is -4.10. The van der Waals surface area contributed by atoms with Gasteiger partial charge < -0.3 is 10.1 Å². The Balaban J connectivity index is 2.46. The van der Waals surface area contributed by atoms with E-state index in [-0.39, 0.29) is 21.2 Å². The molecule has 0 radical (unpaired) electrons. The number of anilines is 1. The van der Waals surface area contributed by atoms with Gasteiger partial charge >= 0.3 is 5.97 Å². The maximum Gasteiger partial charge on any atom is 0.337 e. The molecular weight excluding hydrogens is 320 g/mol. The SMILES string of the molecule is O=C(O)c1cc(S(=O)(=O)Nc2ccc[nH]c2=O)ccc1Cl. The van der Waals surface area contributed by atoms with E-state index < -0.39 is 21.6 Å². The first-order valence-electron chi connectivity index (χ1n) is 5.54. The highest BCUT2D eigenvalue weighted by atomic mass is 35.5. The molecule has 0 spiro atoms. The van der Waals surface area contributed by atoms with Crippen molar-refractivity contribution in [3.63, 3.8) is 0 Å². The van der Waals surface area contributed by atoms with Crippen molar-refractivity contribution >= 4 is 33.3 Å². The summed E-state index contributed by atoms with van der Waals surface area (Å²) in [6, 6.07) is 5.96. The molecule has 0 fully saturated rings. The largest absolute Gasteiger partial charge is 0.478 e. The van der Waals surface area contributed by atoms with Crippen LogP contribution in [0.4, 0.5) is 5.69 Å². The predicted octanol–water partition coefficient (Wildman–Crippen LogP) is 1.53. The molecule has 3 N–H and O–H groups in total. The van der Waals surface area contributed by atoms with Crippen molar-refractivity contribution in [2.75, 3.05) is 4.72 Å². The minimum Gasteiger partial charge on any atom is -0.478 e. The molecule has 0 unspecified atom stereocenters. The van der Waals surface area contributed by atoms with Crippen LogP contribution in [0.1, 0.15) is 10.4 Å². The molecule has 9 heteroatoms. The normalized spacial score (nSPS) is 11.1. The number of sulfonamides is 1. The maximum absolute atomic E-state index is 12.1. The van der Waals surface area contributed by atoms with Crippen LogP contribution in [0.5, 0.6) is 0 Å². The van der Waals surface area contributed by atoms with Crippen molar-refractivity contribution in [3.05, 3.63) is 57.5 Å². The smallest absolute Gasteiger partial charge is 0.337 e. The molecule has 2 rings (SSSR count). The van der Waals surface area contributed by atoms with Crippen LogP contribution in [0.15, 0.2) is 46.2 Å². The quantitative estimate of drug-likeness (QED) is 0.787. The average molecular weight is 329 g/mol. The third kappa shape index (κ3) is 3.23. The Morgan fingerprint density at radius 2 is 2.00 bits per heavy atom. The number of carbonyl (C=O) groups is 1. The molecule has 7 nitrogen and oxygen atoms in total. The lowest BCUT2D eigenvalue weighted by molar-refractivity contribution is 0.0697. The van der Waals surface area contributed by atoms with Gasteiger partial charge in [0.05, 0.1) is 15.5 Å². The van der Waals surface area contributed by atoms with E-state index in [1.54, 1.807) is 0 Å². The first-order chi connectivity index (χ1) is 9.81. The lowest BCUT2D eigenvalue weighted by Crippen LogP contribution is -2.20. The number of carboxylic acids is 1. The summed E-state index contributed by atoms with van der Waals surface area (Å²) in [6.45, 7) is 0. The molecule has 110 valence electrons. The summed E-state index contributed by atoms with van der Waals surface area (Å²) in [5, 5.41) is 8.85. The van der Waals surface area contributed by atoms with E-state index in [9.17, 15) is 18.0 Å². The van der Waals surface area contributed by atoms with Crippen LogP contribution in [-0.2, 0) is 10.0 Å². The highest BCUT2D eigenvalue weighted by Gasteiger charge is 2.19. The highest BCUT2D eigenvalue weighted by Crippen LogP contribution is 2.21. The zero-order valence-corrected chi connectivity index (χ0v) is 11.9. The minimum absolute atomic E-state index is 0.0843. The highest BCUT2D eigenvalue weighted by molar-refractivity contribution is 7.92. The van der Waals surface area contributed by atoms with E-state index in [2.05, 4.69) is 9.71 Å². The third-order valence-corrected chi connectivity index (χ3v) is 4.23. The molecule has 0 saturated carbocycles. The van der Waals surface area contributed by atoms with Gasteiger partial charge in [-0.3, -0.25) is 9.52 Å². The van der Waals surface area contributed by atoms with Crippen molar-refractivity contribution in [2.24, 2.45) is 0 Å². The Morgan fingerprint density at radius 3 is 2.62 bits per heavy atom. The van der Waals surface area contributed by atoms with E-state index in [1.807, 2.05) is 0 Å². The monoisotopic (exact) mass is 328 g/mol. The van der Waals surface area contributed by atoms with E-state index in [1.165, 1.54) is 18.3 Å². The second kappa shape index (κ2) is 5.58. The number of hydrogen-bond donors (Lipinski definition) is 3. The van der Waals surface area contributed by atoms with E-state index in [0.717, 1.165) is 18.2 Å². The molecule has 0 amide bonds. The molecule has 0 aliphatic rings. The zero-order chi connectivity index (χ0) is 15.6. The fourth-order valence-electron chi connectivity index (χ4n) is 1.54. The molecule has 0 aliphatic carbocycles. The molecule has 2 aromatic rings. The van der Waals surface area contributed by atoms with Crippen LogP contribution in [-0.4, -0.2) is 24.5 Å². The fraction of sp³-hybridized carbons (Fsp3) is 0. The van der Waals surface area contributed by atoms with Gasteiger partial charge in [-0.1, -0.05) is 11.6 Å². The van der Waals surface area contributed by atoms with E-state index in [0.29, 0.717) is 0 Å². The van der Waals surface area contributed by atoms with Gasteiger partial charge in [0.2, 0.25) is 0 Å². The number of aromatic carboxylic acids is 1. The van der Waals surface area contributed by atoms with Crippen LogP contribution in [0.2, 0.25) is 5.02 Å². The standard InChI is InChI=1S/C12H9ClN2O5S/c13-9-4-3-7(6-8(9)12(17)18)21(19,20)15-10-2-1-5-14-11(10)16/h1-6,15H,(H,14,16)(H,17,18). The number of hydrogen-bond acceptors (Lipinski definition) is 4. The summed E-state index contributed by atoms with van der Waals surface area (Å²) in [5.41, 5.74) is -1.14. The van der Waals surface area contributed by atoms with Crippen molar-refractivity contribution in [3.8, 4) is 0 Å².